The number of hydrogen-bond donors (Lipinski definition) is 1. The molecule has 2 aromatic rings. The van der Waals surface area contributed by atoms with Crippen molar-refractivity contribution in [2.75, 3.05) is 17.3 Å². The normalized spacial score (nSPS) is 14.2. The topological polar surface area (TPSA) is 58.6 Å². The second-order valence-corrected chi connectivity index (χ2v) is 7.14. The summed E-state index contributed by atoms with van der Waals surface area (Å²) in [4.78, 5) is 26.7. The lowest BCUT2D eigenvalue weighted by molar-refractivity contribution is -0.120. The van der Waals surface area contributed by atoms with Gasteiger partial charge in [-0.1, -0.05) is 35.3 Å². The van der Waals surface area contributed by atoms with Crippen LogP contribution in [0, 0.1) is 20.8 Å². The Morgan fingerprint density at radius 3 is 2.33 bits per heavy atom. The Bertz CT molecular complexity index is 999. The molecule has 0 bridgehead atoms. The number of carbonyl (C=O) groups excluding carboxylic acids is 2. The molecule has 0 radical (unpaired) electrons. The molecule has 3 rings (SSSR count). The quantitative estimate of drug-likeness (QED) is 0.749. The second kappa shape index (κ2) is 7.25. The highest BCUT2D eigenvalue weighted by atomic mass is 35.5. The number of nitrogens with one attached hydrogen (secondary N) is 1. The summed E-state index contributed by atoms with van der Waals surface area (Å²) in [7, 11) is 1.49. The minimum absolute atomic E-state index is 0.00240. The molecule has 1 heterocycles. The zero-order valence-corrected chi connectivity index (χ0v) is 16.8. The van der Waals surface area contributed by atoms with Crippen LogP contribution in [-0.4, -0.2) is 18.9 Å². The lowest BCUT2D eigenvalue weighted by Crippen LogP contribution is -2.33. The highest BCUT2D eigenvalue weighted by Crippen LogP contribution is 2.36. The van der Waals surface area contributed by atoms with Gasteiger partial charge >= 0.3 is 0 Å². The first-order valence-electron chi connectivity index (χ1n) is 8.21. The van der Waals surface area contributed by atoms with Gasteiger partial charge in [0.25, 0.3) is 11.8 Å². The predicted molar refractivity (Wildman–Crippen MR) is 108 cm³/mol. The van der Waals surface area contributed by atoms with Crippen LogP contribution in [-0.2, 0) is 9.59 Å². The fourth-order valence-electron chi connectivity index (χ4n) is 2.85. The van der Waals surface area contributed by atoms with Gasteiger partial charge in [0.1, 0.15) is 16.5 Å². The van der Waals surface area contributed by atoms with Crippen LogP contribution >= 0.6 is 23.2 Å². The van der Waals surface area contributed by atoms with E-state index in [0.717, 1.165) is 21.6 Å². The Hall–Kier alpha value is -2.50. The lowest BCUT2D eigenvalue weighted by Gasteiger charge is -2.18. The van der Waals surface area contributed by atoms with Crippen LogP contribution in [0.2, 0.25) is 5.02 Å². The molecule has 1 aliphatic heterocycles. The van der Waals surface area contributed by atoms with E-state index in [1.165, 1.54) is 7.11 Å². The van der Waals surface area contributed by atoms with Crippen LogP contribution in [0.5, 0.6) is 5.75 Å². The van der Waals surface area contributed by atoms with E-state index in [2.05, 4.69) is 5.32 Å². The maximum Gasteiger partial charge on any atom is 0.283 e. The van der Waals surface area contributed by atoms with E-state index in [9.17, 15) is 9.59 Å². The SMILES string of the molecule is COc1cc(Cl)c(C)cc1NC1=C(Cl)C(=O)N(c2cc(C)ccc2C)C1=O. The molecule has 0 saturated carbocycles. The first-order chi connectivity index (χ1) is 12.7. The number of nitrogens with zero attached hydrogens (tertiary/aromatic N) is 1. The maximum atomic E-state index is 13.0. The van der Waals surface area contributed by atoms with Crippen LogP contribution in [0.25, 0.3) is 0 Å². The molecular formula is C20H18Cl2N2O3. The minimum Gasteiger partial charge on any atom is -0.495 e. The summed E-state index contributed by atoms with van der Waals surface area (Å²) < 4.78 is 5.31. The van der Waals surface area contributed by atoms with E-state index < -0.39 is 11.8 Å². The first-order valence-corrected chi connectivity index (χ1v) is 8.97. The molecule has 1 N–H and O–H groups in total. The molecule has 5 nitrogen and oxygen atoms in total. The van der Waals surface area contributed by atoms with Crippen molar-refractivity contribution in [2.24, 2.45) is 0 Å². The van der Waals surface area contributed by atoms with Gasteiger partial charge < -0.3 is 10.1 Å². The van der Waals surface area contributed by atoms with Crippen LogP contribution in [0.1, 0.15) is 16.7 Å². The van der Waals surface area contributed by atoms with Gasteiger partial charge in [0.2, 0.25) is 0 Å². The monoisotopic (exact) mass is 404 g/mol. The van der Waals surface area contributed by atoms with Crippen molar-refractivity contribution in [3.8, 4) is 5.75 Å². The van der Waals surface area contributed by atoms with Crippen molar-refractivity contribution >= 4 is 46.4 Å². The summed E-state index contributed by atoms with van der Waals surface area (Å²) in [5.74, 6) is -0.649. The molecule has 0 unspecified atom stereocenters. The summed E-state index contributed by atoms with van der Waals surface area (Å²) in [5.41, 5.74) is 3.54. The number of carbonyl (C=O) groups is 2. The molecule has 1 aliphatic rings. The molecular weight excluding hydrogens is 387 g/mol. The molecule has 2 amide bonds. The van der Waals surface area contributed by atoms with Gasteiger partial charge in [-0.05, 0) is 49.6 Å². The summed E-state index contributed by atoms with van der Waals surface area (Å²) in [6.07, 6.45) is 0. The Morgan fingerprint density at radius 2 is 1.67 bits per heavy atom. The zero-order valence-electron chi connectivity index (χ0n) is 15.3. The molecule has 0 saturated heterocycles. The molecule has 0 atom stereocenters. The number of anilines is 2. The number of aryl methyl sites for hydroxylation is 3. The molecule has 0 fully saturated rings. The predicted octanol–water partition coefficient (Wildman–Crippen LogP) is 4.71. The highest BCUT2D eigenvalue weighted by molar-refractivity contribution is 6.53. The average molecular weight is 405 g/mol. The van der Waals surface area contributed by atoms with E-state index in [1.807, 2.05) is 32.9 Å². The molecule has 0 spiro atoms. The van der Waals surface area contributed by atoms with Gasteiger partial charge in [-0.15, -0.1) is 0 Å². The summed E-state index contributed by atoms with van der Waals surface area (Å²) in [6.45, 7) is 5.55. The van der Waals surface area contributed by atoms with Crippen molar-refractivity contribution in [3.05, 3.63) is 62.8 Å². The van der Waals surface area contributed by atoms with Gasteiger partial charge in [-0.25, -0.2) is 4.90 Å². The minimum atomic E-state index is -0.567. The van der Waals surface area contributed by atoms with Gasteiger partial charge in [0.15, 0.2) is 0 Å². The molecule has 2 aromatic carbocycles. The van der Waals surface area contributed by atoms with E-state index in [4.69, 9.17) is 27.9 Å². The maximum absolute atomic E-state index is 13.0. The van der Waals surface area contributed by atoms with Gasteiger partial charge in [-0.3, -0.25) is 9.59 Å². The van der Waals surface area contributed by atoms with Crippen LogP contribution in [0.15, 0.2) is 41.1 Å². The van der Waals surface area contributed by atoms with Crippen LogP contribution in [0.4, 0.5) is 11.4 Å². The number of benzene rings is 2. The standard InChI is InChI=1S/C20H18Cl2N2O3/c1-10-5-6-11(2)15(7-10)24-19(25)17(22)18(20(24)26)23-14-8-12(3)13(21)9-16(14)27-4/h5-9,23H,1-4H3. The lowest BCUT2D eigenvalue weighted by atomic mass is 10.1. The average Bonchev–Trinajstić information content (AvgIpc) is 2.83. The van der Waals surface area contributed by atoms with E-state index in [1.54, 1.807) is 18.2 Å². The van der Waals surface area contributed by atoms with E-state index in [-0.39, 0.29) is 10.7 Å². The fourth-order valence-corrected chi connectivity index (χ4v) is 3.22. The van der Waals surface area contributed by atoms with E-state index >= 15 is 0 Å². The van der Waals surface area contributed by atoms with Crippen molar-refractivity contribution < 1.29 is 14.3 Å². The van der Waals surface area contributed by atoms with E-state index in [0.29, 0.717) is 22.1 Å². The largest absolute Gasteiger partial charge is 0.495 e. The molecule has 140 valence electrons. The highest BCUT2D eigenvalue weighted by Gasteiger charge is 2.39. The number of halogens is 2. The third-order valence-electron chi connectivity index (χ3n) is 4.37. The van der Waals surface area contributed by atoms with Gasteiger partial charge in [-0.2, -0.15) is 0 Å². The Balaban J connectivity index is 2.01. The number of ether oxygens (including phenoxy) is 1. The fraction of sp³-hybridized carbons (Fsp3) is 0.200. The Morgan fingerprint density at radius 1 is 0.963 bits per heavy atom. The number of amides is 2. The van der Waals surface area contributed by atoms with Crippen LogP contribution in [0.3, 0.4) is 0 Å². The van der Waals surface area contributed by atoms with Gasteiger partial charge in [0, 0.05) is 11.1 Å². The van der Waals surface area contributed by atoms with Crippen LogP contribution < -0.4 is 15.0 Å². The number of imide groups is 1. The smallest absolute Gasteiger partial charge is 0.283 e. The van der Waals surface area contributed by atoms with Gasteiger partial charge in [0.05, 0.1) is 18.5 Å². The van der Waals surface area contributed by atoms with Crippen molar-refractivity contribution in [1.29, 1.82) is 0 Å². The number of rotatable bonds is 4. The summed E-state index contributed by atoms with van der Waals surface area (Å²) in [5, 5.41) is 3.30. The summed E-state index contributed by atoms with van der Waals surface area (Å²) in [6, 6.07) is 8.93. The molecule has 0 aliphatic carbocycles. The van der Waals surface area contributed by atoms with Crippen molar-refractivity contribution in [2.45, 2.75) is 20.8 Å². The zero-order chi connectivity index (χ0) is 19.9. The Labute approximate surface area is 167 Å². The number of methoxy groups -OCH3 is 1. The van der Waals surface area contributed by atoms with Crippen molar-refractivity contribution in [1.82, 2.24) is 0 Å². The third kappa shape index (κ3) is 3.40. The number of hydrogen-bond acceptors (Lipinski definition) is 4. The summed E-state index contributed by atoms with van der Waals surface area (Å²) >= 11 is 12.3. The Kier molecular flexibility index (Phi) is 5.18. The molecule has 7 heteroatoms. The second-order valence-electron chi connectivity index (χ2n) is 6.35. The third-order valence-corrected chi connectivity index (χ3v) is 5.13. The molecule has 27 heavy (non-hydrogen) atoms. The first kappa shape index (κ1) is 19.3. The molecule has 0 aromatic heterocycles. The van der Waals surface area contributed by atoms with Crippen molar-refractivity contribution in [3.63, 3.8) is 0 Å².